The fourth-order valence-electron chi connectivity index (χ4n) is 3.29. The first-order valence-corrected chi connectivity index (χ1v) is 9.84. The number of amides is 1. The Bertz CT molecular complexity index is 1340. The molecule has 1 amide bonds. The van der Waals surface area contributed by atoms with E-state index in [0.717, 1.165) is 36.0 Å². The molecule has 0 radical (unpaired) electrons. The van der Waals surface area contributed by atoms with Gasteiger partial charge in [0.15, 0.2) is 5.69 Å². The van der Waals surface area contributed by atoms with Gasteiger partial charge in [-0.05, 0) is 24.3 Å². The maximum Gasteiger partial charge on any atom is 0.573 e. The maximum atomic E-state index is 13.9. The minimum Gasteiger partial charge on any atom is -0.406 e. The summed E-state index contributed by atoms with van der Waals surface area (Å²) in [5, 5.41) is 10.3. The van der Waals surface area contributed by atoms with Crippen LogP contribution in [0.5, 0.6) is 5.75 Å². The summed E-state index contributed by atoms with van der Waals surface area (Å²) in [5.74, 6) is -1.57. The summed E-state index contributed by atoms with van der Waals surface area (Å²) in [5.41, 5.74) is -1.17. The number of alkyl halides is 6. The number of anilines is 1. The van der Waals surface area contributed by atoms with Crippen molar-refractivity contribution in [3.8, 4) is 22.7 Å². The standard InChI is InChI=1S/C22H15F6N5O2/c1-32-18(11-17(31-32)13-5-3-2-4-6-13)30-20(34)16-12-29-33(19(16)21(23,24)25)14-7-9-15(10-8-14)35-22(26,27)28/h2-12H,1H3,(H,30,34). The second-order valence-corrected chi connectivity index (χ2v) is 7.22. The number of aromatic nitrogens is 4. The van der Waals surface area contributed by atoms with E-state index in [1.54, 1.807) is 24.3 Å². The molecule has 2 aromatic heterocycles. The van der Waals surface area contributed by atoms with E-state index < -0.39 is 35.5 Å². The molecule has 4 aromatic rings. The van der Waals surface area contributed by atoms with Crippen LogP contribution in [0.4, 0.5) is 32.2 Å². The van der Waals surface area contributed by atoms with E-state index in [2.05, 4.69) is 20.3 Å². The highest BCUT2D eigenvalue weighted by Crippen LogP contribution is 2.35. The molecule has 13 heteroatoms. The van der Waals surface area contributed by atoms with Gasteiger partial charge in [0.25, 0.3) is 5.91 Å². The van der Waals surface area contributed by atoms with Gasteiger partial charge in [0.2, 0.25) is 0 Å². The number of halogens is 6. The van der Waals surface area contributed by atoms with E-state index in [1.807, 2.05) is 6.07 Å². The highest BCUT2D eigenvalue weighted by molar-refractivity contribution is 6.05. The van der Waals surface area contributed by atoms with Crippen LogP contribution >= 0.6 is 0 Å². The monoisotopic (exact) mass is 495 g/mol. The van der Waals surface area contributed by atoms with Gasteiger partial charge in [-0.3, -0.25) is 9.48 Å². The molecule has 0 unspecified atom stereocenters. The van der Waals surface area contributed by atoms with Crippen molar-refractivity contribution in [3.63, 3.8) is 0 Å². The van der Waals surface area contributed by atoms with E-state index >= 15 is 0 Å². The Kier molecular flexibility index (Phi) is 6.01. The Morgan fingerprint density at radius 1 is 0.971 bits per heavy atom. The summed E-state index contributed by atoms with van der Waals surface area (Å²) in [6.07, 6.45) is -9.24. The number of nitrogens with zero attached hydrogens (tertiary/aromatic N) is 4. The summed E-state index contributed by atoms with van der Waals surface area (Å²) in [7, 11) is 1.51. The molecule has 0 bridgehead atoms. The molecule has 35 heavy (non-hydrogen) atoms. The average Bonchev–Trinajstić information content (AvgIpc) is 3.38. The van der Waals surface area contributed by atoms with Gasteiger partial charge in [-0.25, -0.2) is 4.68 Å². The Morgan fingerprint density at radius 2 is 1.63 bits per heavy atom. The van der Waals surface area contributed by atoms with E-state index in [4.69, 9.17) is 0 Å². The zero-order chi connectivity index (χ0) is 25.4. The fraction of sp³-hybridized carbons (Fsp3) is 0.136. The lowest BCUT2D eigenvalue weighted by atomic mass is 10.1. The first-order valence-electron chi connectivity index (χ1n) is 9.84. The highest BCUT2D eigenvalue weighted by atomic mass is 19.4. The summed E-state index contributed by atoms with van der Waals surface area (Å²) < 4.78 is 84.2. The lowest BCUT2D eigenvalue weighted by molar-refractivity contribution is -0.274. The normalized spacial score (nSPS) is 12.0. The Balaban J connectivity index is 1.64. The third kappa shape index (κ3) is 5.28. The molecule has 0 spiro atoms. The molecule has 0 aliphatic heterocycles. The molecular weight excluding hydrogens is 480 g/mol. The second kappa shape index (κ2) is 8.81. The number of aryl methyl sites for hydroxylation is 1. The Morgan fingerprint density at radius 3 is 2.23 bits per heavy atom. The molecule has 2 aromatic carbocycles. The topological polar surface area (TPSA) is 74.0 Å². The molecule has 7 nitrogen and oxygen atoms in total. The first kappa shape index (κ1) is 23.9. The summed E-state index contributed by atoms with van der Waals surface area (Å²) in [6.45, 7) is 0. The van der Waals surface area contributed by atoms with Crippen molar-refractivity contribution in [2.24, 2.45) is 7.05 Å². The third-order valence-electron chi connectivity index (χ3n) is 4.79. The first-order chi connectivity index (χ1) is 16.4. The maximum absolute atomic E-state index is 13.9. The van der Waals surface area contributed by atoms with Crippen LogP contribution in [0, 0.1) is 0 Å². The number of carbonyl (C=O) groups excluding carboxylic acids is 1. The van der Waals surface area contributed by atoms with E-state index in [0.29, 0.717) is 10.4 Å². The van der Waals surface area contributed by atoms with Gasteiger partial charge in [-0.15, -0.1) is 13.2 Å². The SMILES string of the molecule is Cn1nc(-c2ccccc2)cc1NC(=O)c1cnn(-c2ccc(OC(F)(F)F)cc2)c1C(F)(F)F. The van der Waals surface area contributed by atoms with Crippen LogP contribution in [0.25, 0.3) is 16.9 Å². The van der Waals surface area contributed by atoms with Crippen molar-refractivity contribution < 1.29 is 35.9 Å². The number of rotatable bonds is 5. The molecule has 0 aliphatic carbocycles. The summed E-state index contributed by atoms with van der Waals surface area (Å²) in [4.78, 5) is 12.8. The molecule has 182 valence electrons. The smallest absolute Gasteiger partial charge is 0.406 e. The van der Waals surface area contributed by atoms with Crippen molar-refractivity contribution >= 4 is 11.7 Å². The predicted octanol–water partition coefficient (Wildman–Crippen LogP) is 5.44. The number of hydrogen-bond acceptors (Lipinski definition) is 4. The number of hydrogen-bond donors (Lipinski definition) is 1. The molecular formula is C22H15F6N5O2. The highest BCUT2D eigenvalue weighted by Gasteiger charge is 2.41. The molecule has 0 aliphatic rings. The van der Waals surface area contributed by atoms with Gasteiger partial charge in [0, 0.05) is 18.7 Å². The summed E-state index contributed by atoms with van der Waals surface area (Å²) in [6, 6.07) is 14.0. The van der Waals surface area contributed by atoms with Crippen molar-refractivity contribution in [2.75, 3.05) is 5.32 Å². The number of benzene rings is 2. The zero-order valence-electron chi connectivity index (χ0n) is 17.7. The van der Waals surface area contributed by atoms with Crippen LogP contribution < -0.4 is 10.1 Å². The van der Waals surface area contributed by atoms with Crippen LogP contribution in [-0.4, -0.2) is 31.8 Å². The van der Waals surface area contributed by atoms with Crippen molar-refractivity contribution in [2.45, 2.75) is 12.5 Å². The van der Waals surface area contributed by atoms with Crippen LogP contribution in [-0.2, 0) is 13.2 Å². The lowest BCUT2D eigenvalue weighted by Crippen LogP contribution is -2.21. The van der Waals surface area contributed by atoms with Crippen molar-refractivity contribution in [3.05, 3.63) is 78.1 Å². The van der Waals surface area contributed by atoms with E-state index in [9.17, 15) is 31.1 Å². The van der Waals surface area contributed by atoms with Gasteiger partial charge in [0.1, 0.15) is 11.6 Å². The Labute approximate surface area is 193 Å². The molecule has 2 heterocycles. The zero-order valence-corrected chi connectivity index (χ0v) is 17.7. The van der Waals surface area contributed by atoms with E-state index in [-0.39, 0.29) is 11.5 Å². The summed E-state index contributed by atoms with van der Waals surface area (Å²) >= 11 is 0. The van der Waals surface area contributed by atoms with Gasteiger partial charge in [0.05, 0.1) is 23.1 Å². The predicted molar refractivity (Wildman–Crippen MR) is 112 cm³/mol. The third-order valence-corrected chi connectivity index (χ3v) is 4.79. The molecule has 0 saturated carbocycles. The van der Waals surface area contributed by atoms with Gasteiger partial charge in [-0.2, -0.15) is 23.4 Å². The molecule has 1 N–H and O–H groups in total. The quantitative estimate of drug-likeness (QED) is 0.374. The lowest BCUT2D eigenvalue weighted by Gasteiger charge is -2.14. The number of ether oxygens (including phenoxy) is 1. The number of nitrogens with one attached hydrogen (secondary N) is 1. The van der Waals surface area contributed by atoms with Crippen LogP contribution in [0.1, 0.15) is 16.1 Å². The number of carbonyl (C=O) groups is 1. The van der Waals surface area contributed by atoms with Gasteiger partial charge in [-0.1, -0.05) is 30.3 Å². The van der Waals surface area contributed by atoms with Crippen LogP contribution in [0.15, 0.2) is 66.9 Å². The minimum absolute atomic E-state index is 0.142. The fourth-order valence-corrected chi connectivity index (χ4v) is 3.29. The minimum atomic E-state index is -5.01. The van der Waals surface area contributed by atoms with Gasteiger partial charge < -0.3 is 10.1 Å². The van der Waals surface area contributed by atoms with E-state index in [1.165, 1.54) is 17.8 Å². The molecule has 0 fully saturated rings. The van der Waals surface area contributed by atoms with Crippen molar-refractivity contribution in [1.29, 1.82) is 0 Å². The van der Waals surface area contributed by atoms with Crippen molar-refractivity contribution in [1.82, 2.24) is 19.6 Å². The molecule has 0 atom stereocenters. The van der Waals surface area contributed by atoms with Gasteiger partial charge >= 0.3 is 12.5 Å². The molecule has 4 rings (SSSR count). The Hall–Kier alpha value is -4.29. The van der Waals surface area contributed by atoms with Crippen LogP contribution in [0.3, 0.4) is 0 Å². The van der Waals surface area contributed by atoms with Crippen LogP contribution in [0.2, 0.25) is 0 Å². The largest absolute Gasteiger partial charge is 0.573 e. The average molecular weight is 495 g/mol. The second-order valence-electron chi connectivity index (χ2n) is 7.22. The molecule has 0 saturated heterocycles.